The molecule has 3 aromatic rings. The maximum atomic E-state index is 12.3. The number of esters is 1. The highest BCUT2D eigenvalue weighted by Gasteiger charge is 2.18. The monoisotopic (exact) mass is 323 g/mol. The van der Waals surface area contributed by atoms with Crippen LogP contribution in [0, 0.1) is 0 Å². The summed E-state index contributed by atoms with van der Waals surface area (Å²) in [5.41, 5.74) is 3.06. The predicted octanol–water partition coefficient (Wildman–Crippen LogP) is 4.41. The Morgan fingerprint density at radius 1 is 1.04 bits per heavy atom. The number of hydrogen-bond acceptors (Lipinski definition) is 4. The lowest BCUT2D eigenvalue weighted by molar-refractivity contribution is -0.147. The van der Waals surface area contributed by atoms with Gasteiger partial charge in [0, 0.05) is 24.4 Å². The average Bonchev–Trinajstić information content (AvgIpc) is 3.13. The second kappa shape index (κ2) is 7.70. The van der Waals surface area contributed by atoms with Gasteiger partial charge in [0.2, 0.25) is 0 Å². The zero-order chi connectivity index (χ0) is 15.9. The van der Waals surface area contributed by atoms with Crippen molar-refractivity contribution >= 4 is 17.3 Å². The van der Waals surface area contributed by atoms with Gasteiger partial charge in [-0.2, -0.15) is 11.3 Å². The molecule has 0 radical (unpaired) electrons. The van der Waals surface area contributed by atoms with Gasteiger partial charge in [0.25, 0.3) is 0 Å². The first kappa shape index (κ1) is 15.4. The Labute approximate surface area is 139 Å². The zero-order valence-corrected chi connectivity index (χ0v) is 13.4. The lowest BCUT2D eigenvalue weighted by atomic mass is 10.0. The summed E-state index contributed by atoms with van der Waals surface area (Å²) < 4.78 is 5.76. The summed E-state index contributed by atoms with van der Waals surface area (Å²) in [5, 5.41) is 4.08. The van der Waals surface area contributed by atoms with E-state index >= 15 is 0 Å². The Morgan fingerprint density at radius 2 is 1.78 bits per heavy atom. The third-order valence-electron chi connectivity index (χ3n) is 3.56. The molecule has 4 heteroatoms. The first-order valence-corrected chi connectivity index (χ1v) is 8.42. The summed E-state index contributed by atoms with van der Waals surface area (Å²) >= 11 is 1.64. The Balaban J connectivity index is 1.72. The average molecular weight is 323 g/mol. The van der Waals surface area contributed by atoms with Crippen molar-refractivity contribution in [3.63, 3.8) is 0 Å². The summed E-state index contributed by atoms with van der Waals surface area (Å²) in [4.78, 5) is 16.3. The van der Waals surface area contributed by atoms with Gasteiger partial charge in [-0.15, -0.1) is 0 Å². The number of thiophene rings is 1. The number of aryl methyl sites for hydroxylation is 1. The maximum absolute atomic E-state index is 12.3. The van der Waals surface area contributed by atoms with Gasteiger partial charge >= 0.3 is 5.97 Å². The molecule has 0 aliphatic rings. The fourth-order valence-corrected chi connectivity index (χ4v) is 3.07. The van der Waals surface area contributed by atoms with E-state index in [9.17, 15) is 4.79 Å². The van der Waals surface area contributed by atoms with E-state index in [0.29, 0.717) is 12.8 Å². The summed E-state index contributed by atoms with van der Waals surface area (Å²) in [5.74, 6) is -0.193. The van der Waals surface area contributed by atoms with Crippen molar-refractivity contribution in [2.45, 2.75) is 18.9 Å². The summed E-state index contributed by atoms with van der Waals surface area (Å²) in [6.07, 6.45) is 4.12. The van der Waals surface area contributed by atoms with Gasteiger partial charge in [-0.25, -0.2) is 0 Å². The third kappa shape index (κ3) is 4.27. The lowest BCUT2D eigenvalue weighted by Crippen LogP contribution is -2.13. The molecule has 0 spiro atoms. The molecule has 0 N–H and O–H groups in total. The number of ether oxygens (including phenoxy) is 1. The van der Waals surface area contributed by atoms with Crippen LogP contribution < -0.4 is 0 Å². The Kier molecular flexibility index (Phi) is 5.17. The molecule has 0 saturated carbocycles. The van der Waals surface area contributed by atoms with Crippen molar-refractivity contribution in [1.29, 1.82) is 0 Å². The molecule has 0 fully saturated rings. The van der Waals surface area contributed by atoms with E-state index in [-0.39, 0.29) is 5.97 Å². The van der Waals surface area contributed by atoms with Crippen LogP contribution in [0.25, 0.3) is 0 Å². The molecule has 1 atom stereocenters. The Hall–Kier alpha value is -2.46. The molecule has 0 bridgehead atoms. The molecular formula is C19H17NO2S. The molecule has 2 heterocycles. The van der Waals surface area contributed by atoms with Crippen LogP contribution >= 0.6 is 11.3 Å². The molecular weight excluding hydrogens is 306 g/mol. The molecule has 3 nitrogen and oxygen atoms in total. The van der Waals surface area contributed by atoms with E-state index in [4.69, 9.17) is 4.74 Å². The first-order chi connectivity index (χ1) is 11.3. The topological polar surface area (TPSA) is 39.2 Å². The molecule has 1 aromatic carbocycles. The minimum atomic E-state index is -0.394. The quantitative estimate of drug-likeness (QED) is 0.631. The van der Waals surface area contributed by atoms with Gasteiger partial charge in [0.05, 0.1) is 0 Å². The molecule has 116 valence electrons. The van der Waals surface area contributed by atoms with Crippen LogP contribution in [0.2, 0.25) is 0 Å². The summed E-state index contributed by atoms with van der Waals surface area (Å²) in [6, 6.07) is 15.6. The maximum Gasteiger partial charge on any atom is 0.307 e. The van der Waals surface area contributed by atoms with Gasteiger partial charge in [-0.05, 0) is 46.5 Å². The van der Waals surface area contributed by atoms with E-state index < -0.39 is 6.10 Å². The van der Waals surface area contributed by atoms with Crippen molar-refractivity contribution in [1.82, 2.24) is 4.98 Å². The standard InChI is InChI=1S/C19H17NO2S/c21-18(7-6-15-10-13-23-14-15)22-19(16-4-2-1-3-5-16)17-8-11-20-12-9-17/h1-5,8-14,19H,6-7H2. The second-order valence-corrected chi connectivity index (χ2v) is 5.97. The van der Waals surface area contributed by atoms with Crippen LogP contribution in [0.3, 0.4) is 0 Å². The number of aromatic nitrogens is 1. The normalized spacial score (nSPS) is 11.8. The van der Waals surface area contributed by atoms with Crippen LogP contribution in [0.4, 0.5) is 0 Å². The van der Waals surface area contributed by atoms with E-state index in [0.717, 1.165) is 11.1 Å². The lowest BCUT2D eigenvalue weighted by Gasteiger charge is -2.18. The van der Waals surface area contributed by atoms with E-state index in [1.54, 1.807) is 23.7 Å². The van der Waals surface area contributed by atoms with Crippen molar-refractivity contribution in [2.24, 2.45) is 0 Å². The molecule has 0 aliphatic carbocycles. The number of carbonyl (C=O) groups excluding carboxylic acids is 1. The van der Waals surface area contributed by atoms with E-state index in [1.165, 1.54) is 5.56 Å². The van der Waals surface area contributed by atoms with E-state index in [2.05, 4.69) is 10.4 Å². The van der Waals surface area contributed by atoms with Gasteiger partial charge in [0.1, 0.15) is 0 Å². The molecule has 2 aromatic heterocycles. The van der Waals surface area contributed by atoms with Gasteiger partial charge in [-0.3, -0.25) is 9.78 Å². The number of benzene rings is 1. The number of rotatable bonds is 6. The molecule has 1 unspecified atom stereocenters. The van der Waals surface area contributed by atoms with Gasteiger partial charge in [0.15, 0.2) is 6.10 Å². The second-order valence-electron chi connectivity index (χ2n) is 5.19. The van der Waals surface area contributed by atoms with Crippen LogP contribution in [-0.2, 0) is 16.0 Å². The SMILES string of the molecule is O=C(CCc1ccsc1)OC(c1ccccc1)c1ccncc1. The fraction of sp³-hybridized carbons (Fsp3) is 0.158. The summed E-state index contributed by atoms with van der Waals surface area (Å²) in [6.45, 7) is 0. The van der Waals surface area contributed by atoms with Crippen molar-refractivity contribution in [2.75, 3.05) is 0 Å². The fourth-order valence-electron chi connectivity index (χ4n) is 2.37. The number of nitrogens with zero attached hydrogens (tertiary/aromatic N) is 1. The van der Waals surface area contributed by atoms with Crippen molar-refractivity contribution in [3.8, 4) is 0 Å². The molecule has 0 amide bonds. The predicted molar refractivity (Wildman–Crippen MR) is 91.3 cm³/mol. The Bertz CT molecular complexity index is 687. The molecule has 0 aliphatic heterocycles. The number of carbonyl (C=O) groups is 1. The van der Waals surface area contributed by atoms with E-state index in [1.807, 2.05) is 53.9 Å². The van der Waals surface area contributed by atoms with Crippen LogP contribution in [0.15, 0.2) is 71.7 Å². The largest absolute Gasteiger partial charge is 0.453 e. The van der Waals surface area contributed by atoms with Crippen molar-refractivity contribution in [3.05, 3.63) is 88.4 Å². The van der Waals surface area contributed by atoms with Crippen LogP contribution in [0.1, 0.15) is 29.2 Å². The smallest absolute Gasteiger partial charge is 0.307 e. The third-order valence-corrected chi connectivity index (χ3v) is 4.29. The summed E-state index contributed by atoms with van der Waals surface area (Å²) in [7, 11) is 0. The van der Waals surface area contributed by atoms with Crippen LogP contribution in [0.5, 0.6) is 0 Å². The highest BCUT2D eigenvalue weighted by Crippen LogP contribution is 2.26. The minimum absolute atomic E-state index is 0.193. The zero-order valence-electron chi connectivity index (χ0n) is 12.6. The highest BCUT2D eigenvalue weighted by atomic mass is 32.1. The highest BCUT2D eigenvalue weighted by molar-refractivity contribution is 7.07. The Morgan fingerprint density at radius 3 is 2.48 bits per heavy atom. The van der Waals surface area contributed by atoms with Crippen molar-refractivity contribution < 1.29 is 9.53 Å². The first-order valence-electron chi connectivity index (χ1n) is 7.48. The van der Waals surface area contributed by atoms with Gasteiger partial charge < -0.3 is 4.74 Å². The molecule has 0 saturated heterocycles. The molecule has 23 heavy (non-hydrogen) atoms. The number of hydrogen-bond donors (Lipinski definition) is 0. The van der Waals surface area contributed by atoms with Crippen LogP contribution in [-0.4, -0.2) is 11.0 Å². The van der Waals surface area contributed by atoms with Gasteiger partial charge in [-0.1, -0.05) is 30.3 Å². The minimum Gasteiger partial charge on any atom is -0.453 e. The molecule has 3 rings (SSSR count). The number of pyridine rings is 1.